The molecule has 0 saturated heterocycles. The number of nitrogens with zero attached hydrogens (tertiary/aromatic N) is 1. The summed E-state index contributed by atoms with van der Waals surface area (Å²) in [5.74, 6) is 0. The van der Waals surface area contributed by atoms with Gasteiger partial charge in [0.2, 0.25) is 0 Å². The molecule has 3 aromatic rings. The predicted octanol–water partition coefficient (Wildman–Crippen LogP) is 3.86. The van der Waals surface area contributed by atoms with Gasteiger partial charge in [0.25, 0.3) is 5.56 Å². The maximum absolute atomic E-state index is 11.6. The Bertz CT molecular complexity index is 922. The SMILES string of the molecule is Cc1[nH]c(=O)c(C#N)cc1Sc1ccc2ccccc2c1. The van der Waals surface area contributed by atoms with E-state index < -0.39 is 0 Å². The summed E-state index contributed by atoms with van der Waals surface area (Å²) in [7, 11) is 0. The van der Waals surface area contributed by atoms with E-state index in [1.807, 2.05) is 31.2 Å². The molecule has 21 heavy (non-hydrogen) atoms. The smallest absolute Gasteiger partial charge is 0.266 e. The van der Waals surface area contributed by atoms with Crippen LogP contribution in [-0.4, -0.2) is 4.98 Å². The number of nitriles is 1. The van der Waals surface area contributed by atoms with Crippen LogP contribution in [-0.2, 0) is 0 Å². The van der Waals surface area contributed by atoms with Crippen molar-refractivity contribution < 1.29 is 0 Å². The molecule has 3 nitrogen and oxygen atoms in total. The predicted molar refractivity (Wildman–Crippen MR) is 84.6 cm³/mol. The van der Waals surface area contributed by atoms with Crippen LogP contribution in [0.25, 0.3) is 10.8 Å². The van der Waals surface area contributed by atoms with Gasteiger partial charge in [0.05, 0.1) is 0 Å². The van der Waals surface area contributed by atoms with E-state index in [-0.39, 0.29) is 11.1 Å². The molecule has 0 radical (unpaired) electrons. The van der Waals surface area contributed by atoms with Crippen molar-refractivity contribution in [1.29, 1.82) is 5.26 Å². The van der Waals surface area contributed by atoms with Crippen molar-refractivity contribution in [2.45, 2.75) is 16.7 Å². The number of rotatable bonds is 2. The number of benzene rings is 2. The minimum absolute atomic E-state index is 0.142. The molecule has 0 bridgehead atoms. The minimum atomic E-state index is -0.335. The Morgan fingerprint density at radius 2 is 1.86 bits per heavy atom. The van der Waals surface area contributed by atoms with Crippen LogP contribution in [0.15, 0.2) is 63.1 Å². The second-order valence-corrected chi connectivity index (χ2v) is 5.84. The van der Waals surface area contributed by atoms with Crippen LogP contribution >= 0.6 is 11.8 Å². The Balaban J connectivity index is 2.02. The average Bonchev–Trinajstić information content (AvgIpc) is 2.50. The molecule has 4 heteroatoms. The molecule has 0 amide bonds. The highest BCUT2D eigenvalue weighted by molar-refractivity contribution is 7.99. The van der Waals surface area contributed by atoms with E-state index in [0.29, 0.717) is 0 Å². The highest BCUT2D eigenvalue weighted by Crippen LogP contribution is 2.31. The molecule has 0 atom stereocenters. The molecule has 1 aromatic heterocycles. The van der Waals surface area contributed by atoms with Crippen molar-refractivity contribution in [3.8, 4) is 6.07 Å². The van der Waals surface area contributed by atoms with Crippen molar-refractivity contribution in [3.05, 3.63) is 70.1 Å². The van der Waals surface area contributed by atoms with Crippen molar-refractivity contribution >= 4 is 22.5 Å². The monoisotopic (exact) mass is 292 g/mol. The zero-order valence-electron chi connectivity index (χ0n) is 11.4. The summed E-state index contributed by atoms with van der Waals surface area (Å²) in [4.78, 5) is 16.2. The first-order valence-electron chi connectivity index (χ1n) is 6.48. The third-order valence-electron chi connectivity index (χ3n) is 3.26. The number of aromatic nitrogens is 1. The number of aryl methyl sites for hydroxylation is 1. The van der Waals surface area contributed by atoms with Crippen molar-refractivity contribution in [2.75, 3.05) is 0 Å². The van der Waals surface area contributed by atoms with Gasteiger partial charge >= 0.3 is 0 Å². The summed E-state index contributed by atoms with van der Waals surface area (Å²) in [5.41, 5.74) is 0.582. The number of nitrogens with one attached hydrogen (secondary N) is 1. The maximum Gasteiger partial charge on any atom is 0.266 e. The summed E-state index contributed by atoms with van der Waals surface area (Å²) < 4.78 is 0. The zero-order chi connectivity index (χ0) is 14.8. The van der Waals surface area contributed by atoms with Gasteiger partial charge in [-0.25, -0.2) is 0 Å². The second-order valence-electron chi connectivity index (χ2n) is 4.72. The molecule has 0 aliphatic carbocycles. The van der Waals surface area contributed by atoms with Gasteiger partial charge in [0.15, 0.2) is 0 Å². The van der Waals surface area contributed by atoms with Gasteiger partial charge in [0.1, 0.15) is 11.6 Å². The molecule has 2 aromatic carbocycles. The molecule has 3 rings (SSSR count). The molecule has 0 fully saturated rings. The molecule has 0 aliphatic rings. The molecule has 1 N–H and O–H groups in total. The molecular formula is C17H12N2OS. The van der Waals surface area contributed by atoms with Crippen LogP contribution in [0.1, 0.15) is 11.3 Å². The fourth-order valence-electron chi connectivity index (χ4n) is 2.15. The Morgan fingerprint density at radius 3 is 2.62 bits per heavy atom. The van der Waals surface area contributed by atoms with E-state index in [0.717, 1.165) is 15.5 Å². The van der Waals surface area contributed by atoms with Crippen LogP contribution < -0.4 is 5.56 Å². The van der Waals surface area contributed by atoms with E-state index in [4.69, 9.17) is 5.26 Å². The highest BCUT2D eigenvalue weighted by atomic mass is 32.2. The van der Waals surface area contributed by atoms with Gasteiger partial charge in [0, 0.05) is 15.5 Å². The summed E-state index contributed by atoms with van der Waals surface area (Å²) in [6.07, 6.45) is 0. The Kier molecular flexibility index (Phi) is 3.51. The molecule has 1 heterocycles. The minimum Gasteiger partial charge on any atom is -0.324 e. The largest absolute Gasteiger partial charge is 0.324 e. The van der Waals surface area contributed by atoms with Gasteiger partial charge < -0.3 is 4.98 Å². The third-order valence-corrected chi connectivity index (χ3v) is 4.39. The zero-order valence-corrected chi connectivity index (χ0v) is 12.2. The van der Waals surface area contributed by atoms with Gasteiger partial charge in [-0.1, -0.05) is 42.1 Å². The number of hydrogen-bond acceptors (Lipinski definition) is 3. The molecule has 0 spiro atoms. The quantitative estimate of drug-likeness (QED) is 0.780. The lowest BCUT2D eigenvalue weighted by atomic mass is 10.1. The summed E-state index contributed by atoms with van der Waals surface area (Å²) >= 11 is 1.55. The topological polar surface area (TPSA) is 56.6 Å². The van der Waals surface area contributed by atoms with Crippen LogP contribution in [0.5, 0.6) is 0 Å². The molecular weight excluding hydrogens is 280 g/mol. The highest BCUT2D eigenvalue weighted by Gasteiger charge is 2.07. The maximum atomic E-state index is 11.6. The summed E-state index contributed by atoms with van der Waals surface area (Å²) in [5, 5.41) is 11.3. The van der Waals surface area contributed by atoms with E-state index in [1.54, 1.807) is 17.8 Å². The lowest BCUT2D eigenvalue weighted by Crippen LogP contribution is -2.11. The summed E-state index contributed by atoms with van der Waals surface area (Å²) in [6.45, 7) is 1.84. The average molecular weight is 292 g/mol. The van der Waals surface area contributed by atoms with Crippen LogP contribution in [0.3, 0.4) is 0 Å². The first-order valence-corrected chi connectivity index (χ1v) is 7.30. The Hall–Kier alpha value is -2.51. The standard InChI is InChI=1S/C17H12N2OS/c1-11-16(9-14(10-18)17(20)19-11)21-15-7-6-12-4-2-3-5-13(12)8-15/h2-9H,1H3,(H,19,20). The van der Waals surface area contributed by atoms with Gasteiger partial charge in [-0.05, 0) is 35.9 Å². The number of hydrogen-bond donors (Lipinski definition) is 1. The fraction of sp³-hybridized carbons (Fsp3) is 0.0588. The van der Waals surface area contributed by atoms with Crippen LogP contribution in [0, 0.1) is 18.3 Å². The van der Waals surface area contributed by atoms with Crippen molar-refractivity contribution in [3.63, 3.8) is 0 Å². The van der Waals surface area contributed by atoms with Gasteiger partial charge in [-0.3, -0.25) is 4.79 Å². The molecule has 0 aliphatic heterocycles. The summed E-state index contributed by atoms with van der Waals surface area (Å²) in [6, 6.07) is 18.0. The van der Waals surface area contributed by atoms with Gasteiger partial charge in [-0.15, -0.1) is 0 Å². The number of H-pyrrole nitrogens is 1. The lowest BCUT2D eigenvalue weighted by Gasteiger charge is -2.07. The lowest BCUT2D eigenvalue weighted by molar-refractivity contribution is 1.06. The van der Waals surface area contributed by atoms with Crippen molar-refractivity contribution in [2.24, 2.45) is 0 Å². The van der Waals surface area contributed by atoms with E-state index >= 15 is 0 Å². The van der Waals surface area contributed by atoms with E-state index in [1.165, 1.54) is 10.8 Å². The van der Waals surface area contributed by atoms with Crippen molar-refractivity contribution in [1.82, 2.24) is 4.98 Å². The normalized spacial score (nSPS) is 10.5. The number of fused-ring (bicyclic) bond motifs is 1. The van der Waals surface area contributed by atoms with Crippen LogP contribution in [0.4, 0.5) is 0 Å². The molecule has 102 valence electrons. The van der Waals surface area contributed by atoms with E-state index in [9.17, 15) is 4.79 Å². The second kappa shape index (κ2) is 5.47. The number of pyridine rings is 1. The molecule has 0 unspecified atom stereocenters. The molecule has 0 saturated carbocycles. The third kappa shape index (κ3) is 2.69. The Labute approximate surface area is 126 Å². The first kappa shape index (κ1) is 13.5. The Morgan fingerprint density at radius 1 is 1.10 bits per heavy atom. The first-order chi connectivity index (χ1) is 10.2. The van der Waals surface area contributed by atoms with Gasteiger partial charge in [-0.2, -0.15) is 5.26 Å². The number of aromatic amines is 1. The van der Waals surface area contributed by atoms with E-state index in [2.05, 4.69) is 29.2 Å². The van der Waals surface area contributed by atoms with Crippen LogP contribution in [0.2, 0.25) is 0 Å². The fourth-order valence-corrected chi connectivity index (χ4v) is 3.11.